The Morgan fingerprint density at radius 1 is 1.30 bits per heavy atom. The molecular weight excluding hydrogens is 370 g/mol. The number of amides is 1. The van der Waals surface area contributed by atoms with E-state index < -0.39 is 5.63 Å². The zero-order valence-corrected chi connectivity index (χ0v) is 15.0. The molecule has 27 heavy (non-hydrogen) atoms. The quantitative estimate of drug-likeness (QED) is 0.679. The number of aromatic nitrogens is 2. The number of H-pyrrole nitrogens is 1. The van der Waals surface area contributed by atoms with Crippen LogP contribution in [-0.4, -0.2) is 22.1 Å². The van der Waals surface area contributed by atoms with Crippen LogP contribution in [0.4, 0.5) is 0 Å². The van der Waals surface area contributed by atoms with Crippen LogP contribution >= 0.6 is 11.6 Å². The molecule has 1 saturated carbocycles. The lowest BCUT2D eigenvalue weighted by Gasteiger charge is -2.10. The second-order valence-corrected chi connectivity index (χ2v) is 6.68. The van der Waals surface area contributed by atoms with Gasteiger partial charge in [-0.2, -0.15) is 0 Å². The minimum atomic E-state index is -0.542. The second-order valence-electron chi connectivity index (χ2n) is 6.24. The number of carbonyl (C=O) groups excluding carboxylic acids is 1. The first-order valence-electron chi connectivity index (χ1n) is 8.47. The van der Waals surface area contributed by atoms with Crippen LogP contribution in [0.2, 0.25) is 5.02 Å². The monoisotopic (exact) mass is 385 g/mol. The first-order chi connectivity index (χ1) is 13.1. The maximum Gasteiger partial charge on any atom is 0.364 e. The van der Waals surface area contributed by atoms with Gasteiger partial charge in [-0.1, -0.05) is 23.7 Å². The van der Waals surface area contributed by atoms with Gasteiger partial charge in [0.05, 0.1) is 5.69 Å². The Morgan fingerprint density at radius 3 is 2.81 bits per heavy atom. The normalized spacial score (nSPS) is 13.4. The number of pyridine rings is 1. The summed E-state index contributed by atoms with van der Waals surface area (Å²) in [5.41, 5.74) is 1.32. The van der Waals surface area contributed by atoms with Gasteiger partial charge in [0.25, 0.3) is 5.91 Å². The van der Waals surface area contributed by atoms with Gasteiger partial charge in [0.15, 0.2) is 0 Å². The molecule has 1 fully saturated rings. The van der Waals surface area contributed by atoms with Gasteiger partial charge >= 0.3 is 5.63 Å². The smallest absolute Gasteiger partial charge is 0.364 e. The molecule has 0 saturated heterocycles. The molecule has 1 aliphatic carbocycles. The largest absolute Gasteiger partial charge is 0.472 e. The average Bonchev–Trinajstić information content (AvgIpc) is 3.42. The molecule has 4 rings (SSSR count). The van der Waals surface area contributed by atoms with E-state index in [1.807, 2.05) is 0 Å². The number of aromatic amines is 1. The Bertz CT molecular complexity index is 1020. The molecule has 1 aromatic carbocycles. The van der Waals surface area contributed by atoms with E-state index in [1.54, 1.807) is 36.4 Å². The van der Waals surface area contributed by atoms with Gasteiger partial charge in [-0.3, -0.25) is 4.79 Å². The van der Waals surface area contributed by atoms with Gasteiger partial charge in [0, 0.05) is 22.8 Å². The molecule has 2 aromatic heterocycles. The first kappa shape index (κ1) is 17.4. The lowest BCUT2D eigenvalue weighted by molar-refractivity contribution is 0.0945. The fraction of sp³-hybridized carbons (Fsp3) is 0.211. The van der Waals surface area contributed by atoms with Gasteiger partial charge in [-0.15, -0.1) is 0 Å². The molecule has 7 nitrogen and oxygen atoms in total. The Morgan fingerprint density at radius 2 is 2.07 bits per heavy atom. The van der Waals surface area contributed by atoms with Crippen LogP contribution in [0.15, 0.2) is 51.9 Å². The number of halogens is 1. The Balaban J connectivity index is 1.56. The van der Waals surface area contributed by atoms with Crippen LogP contribution in [0.1, 0.15) is 28.8 Å². The lowest BCUT2D eigenvalue weighted by atomic mass is 10.1. The highest BCUT2D eigenvalue weighted by molar-refractivity contribution is 6.30. The summed E-state index contributed by atoms with van der Waals surface area (Å²) in [5.74, 6) is -0.0714. The van der Waals surface area contributed by atoms with E-state index in [0.29, 0.717) is 21.8 Å². The zero-order chi connectivity index (χ0) is 18.8. The summed E-state index contributed by atoms with van der Waals surface area (Å²) < 4.78 is 10.6. The summed E-state index contributed by atoms with van der Waals surface area (Å²) in [4.78, 5) is 28.5. The fourth-order valence-corrected chi connectivity index (χ4v) is 2.74. The Kier molecular flexibility index (Phi) is 4.68. The highest BCUT2D eigenvalue weighted by atomic mass is 35.5. The number of nitrogens with zero attached hydrogens (tertiary/aromatic N) is 1. The van der Waals surface area contributed by atoms with E-state index in [0.717, 1.165) is 18.4 Å². The summed E-state index contributed by atoms with van der Waals surface area (Å²) in [6.45, 7) is -0.0927. The third kappa shape index (κ3) is 3.88. The van der Waals surface area contributed by atoms with Crippen molar-refractivity contribution in [2.24, 2.45) is 0 Å². The number of rotatable bonds is 6. The number of carbonyl (C=O) groups is 1. The van der Waals surface area contributed by atoms with Crippen molar-refractivity contribution in [3.05, 3.63) is 69.2 Å². The summed E-state index contributed by atoms with van der Waals surface area (Å²) in [6, 6.07) is 10.5. The van der Waals surface area contributed by atoms with Crippen molar-refractivity contribution < 1.29 is 14.1 Å². The fourth-order valence-electron chi connectivity index (χ4n) is 2.61. The second kappa shape index (κ2) is 7.28. The van der Waals surface area contributed by atoms with Gasteiger partial charge in [0.1, 0.15) is 17.7 Å². The van der Waals surface area contributed by atoms with Crippen LogP contribution < -0.4 is 15.7 Å². The molecule has 0 unspecified atom stereocenters. The Hall–Kier alpha value is -3.06. The first-order valence-corrected chi connectivity index (χ1v) is 8.84. The van der Waals surface area contributed by atoms with Crippen molar-refractivity contribution in [1.29, 1.82) is 0 Å². The number of benzene rings is 1. The molecule has 2 N–H and O–H groups in total. The van der Waals surface area contributed by atoms with E-state index in [9.17, 15) is 9.59 Å². The molecule has 1 aliphatic rings. The highest BCUT2D eigenvalue weighted by Gasteiger charge is 2.25. The summed E-state index contributed by atoms with van der Waals surface area (Å²) in [5, 5.41) is 6.09. The van der Waals surface area contributed by atoms with Gasteiger partial charge in [-0.25, -0.2) is 14.9 Å². The van der Waals surface area contributed by atoms with E-state index in [4.69, 9.17) is 20.9 Å². The highest BCUT2D eigenvalue weighted by Crippen LogP contribution is 2.24. The molecule has 0 radical (unpaired) electrons. The van der Waals surface area contributed by atoms with Crippen molar-refractivity contribution in [1.82, 2.24) is 15.5 Å². The molecule has 138 valence electrons. The maximum absolute atomic E-state index is 12.3. The molecular formula is C19H16ClN3O4. The minimum absolute atomic E-state index is 0.0927. The average molecular weight is 386 g/mol. The lowest BCUT2D eigenvalue weighted by Crippen LogP contribution is -2.26. The number of hydrogen-bond acceptors (Lipinski definition) is 5. The number of ether oxygens (including phenoxy) is 1. The topological polar surface area (TPSA) is 97.2 Å². The summed E-state index contributed by atoms with van der Waals surface area (Å²) in [7, 11) is 0. The Labute approximate surface area is 159 Å². The minimum Gasteiger partial charge on any atom is -0.472 e. The SMILES string of the molecule is O=C(NC1CC1)c1cccnc1OCc1c(-c2ccc(Cl)cc2)[nH]oc1=O. The van der Waals surface area contributed by atoms with Gasteiger partial charge < -0.3 is 14.6 Å². The van der Waals surface area contributed by atoms with Crippen LogP contribution in [0, 0.1) is 0 Å². The zero-order valence-electron chi connectivity index (χ0n) is 14.2. The van der Waals surface area contributed by atoms with E-state index in [2.05, 4.69) is 15.5 Å². The van der Waals surface area contributed by atoms with Crippen molar-refractivity contribution in [3.63, 3.8) is 0 Å². The van der Waals surface area contributed by atoms with E-state index >= 15 is 0 Å². The van der Waals surface area contributed by atoms with Crippen molar-refractivity contribution >= 4 is 17.5 Å². The molecule has 2 heterocycles. The predicted molar refractivity (Wildman–Crippen MR) is 98.8 cm³/mol. The third-order valence-electron chi connectivity index (χ3n) is 4.21. The standard InChI is InChI=1S/C19H16ClN3O4/c20-12-5-3-11(4-6-12)16-15(19(25)27-23-16)10-26-18-14(2-1-9-21-18)17(24)22-13-7-8-13/h1-6,9,13,23H,7-8,10H2,(H,22,24). The third-order valence-corrected chi connectivity index (χ3v) is 4.46. The van der Waals surface area contributed by atoms with Crippen molar-refractivity contribution in [3.8, 4) is 17.1 Å². The molecule has 0 atom stereocenters. The van der Waals surface area contributed by atoms with Crippen molar-refractivity contribution in [2.45, 2.75) is 25.5 Å². The van der Waals surface area contributed by atoms with E-state index in [1.165, 1.54) is 6.20 Å². The molecule has 0 aliphatic heterocycles. The molecule has 0 bridgehead atoms. The van der Waals surface area contributed by atoms with Gasteiger partial charge in [-0.05, 0) is 37.1 Å². The number of hydrogen-bond donors (Lipinski definition) is 2. The van der Waals surface area contributed by atoms with Gasteiger partial charge in [0.2, 0.25) is 5.88 Å². The van der Waals surface area contributed by atoms with Crippen LogP contribution in [0.3, 0.4) is 0 Å². The van der Waals surface area contributed by atoms with Crippen LogP contribution in [0.5, 0.6) is 5.88 Å². The van der Waals surface area contributed by atoms with E-state index in [-0.39, 0.29) is 24.4 Å². The predicted octanol–water partition coefficient (Wildman–Crippen LogP) is 3.15. The number of nitrogens with one attached hydrogen (secondary N) is 2. The molecule has 8 heteroatoms. The van der Waals surface area contributed by atoms with Crippen molar-refractivity contribution in [2.75, 3.05) is 0 Å². The summed E-state index contributed by atoms with van der Waals surface area (Å²) in [6.07, 6.45) is 3.50. The molecule has 0 spiro atoms. The molecule has 1 amide bonds. The van der Waals surface area contributed by atoms with Crippen LogP contribution in [0.25, 0.3) is 11.3 Å². The summed E-state index contributed by atoms with van der Waals surface area (Å²) >= 11 is 5.91. The van der Waals surface area contributed by atoms with Crippen LogP contribution in [-0.2, 0) is 6.61 Å². The maximum atomic E-state index is 12.3. The molecule has 3 aromatic rings.